The molecule has 0 bridgehead atoms. The highest BCUT2D eigenvalue weighted by Crippen LogP contribution is 2.28. The van der Waals surface area contributed by atoms with E-state index in [9.17, 15) is 4.39 Å². The van der Waals surface area contributed by atoms with E-state index in [1.54, 1.807) is 6.07 Å². The molecule has 0 atom stereocenters. The van der Waals surface area contributed by atoms with Crippen molar-refractivity contribution in [3.05, 3.63) is 29.8 Å². The van der Waals surface area contributed by atoms with Gasteiger partial charge < -0.3 is 4.57 Å². The molecule has 114 valence electrons. The fourth-order valence-corrected chi connectivity index (χ4v) is 3.64. The number of alkyl halides is 1. The Hall–Kier alpha value is -1.09. The molecule has 1 aromatic heterocycles. The summed E-state index contributed by atoms with van der Waals surface area (Å²) in [6, 6.07) is 5.20. The Morgan fingerprint density at radius 1 is 1.24 bits per heavy atom. The van der Waals surface area contributed by atoms with Gasteiger partial charge in [-0.2, -0.15) is 0 Å². The maximum absolute atomic E-state index is 13.9. The van der Waals surface area contributed by atoms with Gasteiger partial charge in [0, 0.05) is 18.8 Å². The van der Waals surface area contributed by atoms with Crippen LogP contribution in [0.5, 0.6) is 0 Å². The average Bonchev–Trinajstić information content (AvgIpc) is 2.86. The van der Waals surface area contributed by atoms with Crippen molar-refractivity contribution >= 4 is 22.6 Å². The molecule has 1 aliphatic carbocycles. The van der Waals surface area contributed by atoms with Crippen molar-refractivity contribution in [1.82, 2.24) is 9.55 Å². The maximum Gasteiger partial charge on any atom is 0.151 e. The van der Waals surface area contributed by atoms with E-state index in [1.807, 2.05) is 6.07 Å². The Kier molecular flexibility index (Phi) is 4.79. The zero-order chi connectivity index (χ0) is 14.7. The molecule has 3 rings (SSSR count). The maximum atomic E-state index is 13.9. The lowest BCUT2D eigenvalue weighted by Crippen LogP contribution is -2.12. The zero-order valence-electron chi connectivity index (χ0n) is 12.3. The molecule has 2 aromatic rings. The van der Waals surface area contributed by atoms with Crippen molar-refractivity contribution in [2.75, 3.05) is 5.88 Å². The summed E-state index contributed by atoms with van der Waals surface area (Å²) in [5.41, 5.74) is 1.40. The minimum atomic E-state index is -0.236. The Labute approximate surface area is 130 Å². The normalized spacial score (nSPS) is 16.7. The predicted octanol–water partition coefficient (Wildman–Crippen LogP) is 4.93. The fourth-order valence-electron chi connectivity index (χ4n) is 3.47. The lowest BCUT2D eigenvalue weighted by atomic mass is 9.87. The Balaban J connectivity index is 1.84. The second-order valence-electron chi connectivity index (χ2n) is 6.02. The van der Waals surface area contributed by atoms with Crippen LogP contribution in [0.2, 0.25) is 0 Å². The molecule has 0 saturated heterocycles. The molecule has 0 spiro atoms. The predicted molar refractivity (Wildman–Crippen MR) is 85.3 cm³/mol. The van der Waals surface area contributed by atoms with Crippen LogP contribution < -0.4 is 0 Å². The first kappa shape index (κ1) is 14.8. The van der Waals surface area contributed by atoms with E-state index < -0.39 is 0 Å². The summed E-state index contributed by atoms with van der Waals surface area (Å²) < 4.78 is 16.1. The monoisotopic (exact) mass is 308 g/mol. The molecule has 0 unspecified atom stereocenters. The first-order chi connectivity index (χ1) is 10.3. The number of para-hydroxylation sites is 1. The minimum Gasteiger partial charge on any atom is -0.328 e. The van der Waals surface area contributed by atoms with E-state index in [1.165, 1.54) is 38.2 Å². The van der Waals surface area contributed by atoms with Crippen LogP contribution >= 0.6 is 11.6 Å². The van der Waals surface area contributed by atoms with Crippen molar-refractivity contribution in [3.63, 3.8) is 0 Å². The highest BCUT2D eigenvalue weighted by Gasteiger charge is 2.17. The number of nitrogens with zero attached hydrogens (tertiary/aromatic N) is 2. The summed E-state index contributed by atoms with van der Waals surface area (Å²) in [7, 11) is 0. The smallest absolute Gasteiger partial charge is 0.151 e. The summed E-state index contributed by atoms with van der Waals surface area (Å²) in [6.45, 7) is 0.927. The molecule has 0 amide bonds. The Morgan fingerprint density at radius 2 is 2.05 bits per heavy atom. The van der Waals surface area contributed by atoms with Gasteiger partial charge in [0.1, 0.15) is 11.3 Å². The van der Waals surface area contributed by atoms with Gasteiger partial charge in [-0.3, -0.25) is 0 Å². The third-order valence-electron chi connectivity index (χ3n) is 4.61. The number of aryl methyl sites for hydroxylation is 2. The van der Waals surface area contributed by atoms with Gasteiger partial charge in [-0.15, -0.1) is 11.6 Å². The number of rotatable bonds is 5. The van der Waals surface area contributed by atoms with Crippen LogP contribution in [0, 0.1) is 11.7 Å². The summed E-state index contributed by atoms with van der Waals surface area (Å²) in [6.07, 6.45) is 8.64. The molecule has 1 aliphatic rings. The number of hydrogen-bond acceptors (Lipinski definition) is 1. The van der Waals surface area contributed by atoms with Gasteiger partial charge in [-0.05, 0) is 24.5 Å². The van der Waals surface area contributed by atoms with Crippen LogP contribution in [0.25, 0.3) is 11.0 Å². The van der Waals surface area contributed by atoms with Gasteiger partial charge in [0.25, 0.3) is 0 Å². The molecule has 4 heteroatoms. The van der Waals surface area contributed by atoms with E-state index in [4.69, 9.17) is 11.6 Å². The highest BCUT2D eigenvalue weighted by molar-refractivity contribution is 6.17. The molecular formula is C17H22ClFN2. The number of hydrogen-bond donors (Lipinski definition) is 0. The van der Waals surface area contributed by atoms with Crippen LogP contribution in [-0.4, -0.2) is 15.4 Å². The lowest BCUT2D eigenvalue weighted by molar-refractivity contribution is 0.324. The highest BCUT2D eigenvalue weighted by atomic mass is 35.5. The number of benzene rings is 1. The number of fused-ring (bicyclic) bond motifs is 1. The van der Waals surface area contributed by atoms with Crippen LogP contribution in [0.15, 0.2) is 18.2 Å². The largest absolute Gasteiger partial charge is 0.328 e. The van der Waals surface area contributed by atoms with E-state index in [-0.39, 0.29) is 5.82 Å². The van der Waals surface area contributed by atoms with Crippen LogP contribution in [-0.2, 0) is 13.0 Å². The van der Waals surface area contributed by atoms with Gasteiger partial charge in [0.15, 0.2) is 5.82 Å². The van der Waals surface area contributed by atoms with Crippen molar-refractivity contribution in [1.29, 1.82) is 0 Å². The van der Waals surface area contributed by atoms with Crippen LogP contribution in [0.1, 0.15) is 44.3 Å². The number of halogens is 2. The quantitative estimate of drug-likeness (QED) is 0.716. The third-order valence-corrected chi connectivity index (χ3v) is 4.80. The second kappa shape index (κ2) is 6.78. The molecular weight excluding hydrogens is 287 g/mol. The first-order valence-corrected chi connectivity index (χ1v) is 8.52. The van der Waals surface area contributed by atoms with Gasteiger partial charge in [0.2, 0.25) is 0 Å². The lowest BCUT2D eigenvalue weighted by Gasteiger charge is -2.22. The summed E-state index contributed by atoms with van der Waals surface area (Å²) in [5, 5.41) is 0. The zero-order valence-corrected chi connectivity index (χ0v) is 13.1. The van der Waals surface area contributed by atoms with Crippen molar-refractivity contribution < 1.29 is 4.39 Å². The molecule has 1 saturated carbocycles. The van der Waals surface area contributed by atoms with Gasteiger partial charge in [0.05, 0.1) is 5.52 Å². The first-order valence-electron chi connectivity index (χ1n) is 7.99. The van der Waals surface area contributed by atoms with E-state index in [2.05, 4.69) is 9.55 Å². The SMILES string of the molecule is Fc1cccc2c1nc(CCCl)n2CCC1CCCCC1. The molecule has 1 fully saturated rings. The molecule has 21 heavy (non-hydrogen) atoms. The molecule has 0 N–H and O–H groups in total. The number of aromatic nitrogens is 2. The van der Waals surface area contributed by atoms with Crippen LogP contribution in [0.3, 0.4) is 0 Å². The van der Waals surface area contributed by atoms with Gasteiger partial charge >= 0.3 is 0 Å². The van der Waals surface area contributed by atoms with Crippen molar-refractivity contribution in [2.45, 2.75) is 51.5 Å². The Morgan fingerprint density at radius 3 is 2.81 bits per heavy atom. The molecule has 1 heterocycles. The van der Waals surface area contributed by atoms with E-state index in [0.717, 1.165) is 30.2 Å². The molecule has 1 aromatic carbocycles. The molecule has 2 nitrogen and oxygen atoms in total. The van der Waals surface area contributed by atoms with Crippen molar-refractivity contribution in [3.8, 4) is 0 Å². The number of imidazole rings is 1. The van der Waals surface area contributed by atoms with E-state index in [0.29, 0.717) is 17.8 Å². The molecule has 0 aliphatic heterocycles. The van der Waals surface area contributed by atoms with Crippen LogP contribution in [0.4, 0.5) is 4.39 Å². The van der Waals surface area contributed by atoms with Crippen molar-refractivity contribution in [2.24, 2.45) is 5.92 Å². The van der Waals surface area contributed by atoms with Gasteiger partial charge in [-0.25, -0.2) is 9.37 Å². The topological polar surface area (TPSA) is 17.8 Å². The third kappa shape index (κ3) is 3.23. The van der Waals surface area contributed by atoms with Gasteiger partial charge in [-0.1, -0.05) is 38.2 Å². The fraction of sp³-hybridized carbons (Fsp3) is 0.588. The summed E-state index contributed by atoms with van der Waals surface area (Å²) in [5.74, 6) is 2.02. The standard InChI is InChI=1S/C17H22ClFN2/c18-11-9-16-20-17-14(19)7-4-8-15(17)21(16)12-10-13-5-2-1-3-6-13/h4,7-8,13H,1-3,5-6,9-12H2. The summed E-state index contributed by atoms with van der Waals surface area (Å²) in [4.78, 5) is 4.47. The van der Waals surface area contributed by atoms with E-state index >= 15 is 0 Å². The Bertz CT molecular complexity index is 602. The summed E-state index contributed by atoms with van der Waals surface area (Å²) >= 11 is 5.88. The molecule has 0 radical (unpaired) electrons. The average molecular weight is 309 g/mol. The second-order valence-corrected chi connectivity index (χ2v) is 6.40. The minimum absolute atomic E-state index is 0.236.